The summed E-state index contributed by atoms with van der Waals surface area (Å²) in [5.74, 6) is 0.651. The molecule has 0 aliphatic carbocycles. The van der Waals surface area contributed by atoms with Crippen molar-refractivity contribution >= 4 is 28.7 Å². The van der Waals surface area contributed by atoms with E-state index >= 15 is 0 Å². The first-order valence-corrected chi connectivity index (χ1v) is 8.85. The van der Waals surface area contributed by atoms with Crippen LogP contribution in [0.25, 0.3) is 16.5 Å². The molecule has 0 saturated heterocycles. The molecule has 0 bridgehead atoms. The van der Waals surface area contributed by atoms with E-state index < -0.39 is 0 Å². The number of fused-ring (bicyclic) bond motifs is 1. The molecule has 10 heteroatoms. The maximum Gasteiger partial charge on any atom is 0.254 e. The summed E-state index contributed by atoms with van der Waals surface area (Å²) in [5, 5.41) is 6.91. The molecule has 0 aliphatic rings. The first-order valence-electron chi connectivity index (χ1n) is 7.97. The minimum absolute atomic E-state index is 0.160. The van der Waals surface area contributed by atoms with Crippen molar-refractivity contribution in [3.63, 3.8) is 0 Å². The third-order valence-electron chi connectivity index (χ3n) is 3.75. The number of anilines is 1. The molecule has 3 heterocycles. The van der Waals surface area contributed by atoms with Crippen molar-refractivity contribution in [1.82, 2.24) is 24.5 Å². The van der Waals surface area contributed by atoms with Crippen LogP contribution in [-0.2, 0) is 9.47 Å². The summed E-state index contributed by atoms with van der Waals surface area (Å²) in [6.45, 7) is 1.79. The first kappa shape index (κ1) is 18.2. The van der Waals surface area contributed by atoms with Gasteiger partial charge in [0.2, 0.25) is 5.82 Å². The van der Waals surface area contributed by atoms with Gasteiger partial charge in [0.25, 0.3) is 5.91 Å². The third-order valence-corrected chi connectivity index (χ3v) is 4.52. The van der Waals surface area contributed by atoms with Gasteiger partial charge in [-0.2, -0.15) is 4.52 Å². The molecule has 3 rings (SSSR count). The SMILES string of the molecule is COCCN(CCOC)C(=O)c1cc(N)n2nc(-c3nccs3)nc2c1. The van der Waals surface area contributed by atoms with Gasteiger partial charge in [-0.3, -0.25) is 4.79 Å². The first-order chi connectivity index (χ1) is 12.6. The monoisotopic (exact) mass is 376 g/mol. The molecule has 1 amide bonds. The van der Waals surface area contributed by atoms with E-state index in [-0.39, 0.29) is 5.91 Å². The van der Waals surface area contributed by atoms with Gasteiger partial charge in [-0.15, -0.1) is 16.4 Å². The van der Waals surface area contributed by atoms with Gasteiger partial charge in [-0.25, -0.2) is 9.97 Å². The van der Waals surface area contributed by atoms with Crippen molar-refractivity contribution in [3.8, 4) is 10.8 Å². The van der Waals surface area contributed by atoms with Crippen LogP contribution in [0.2, 0.25) is 0 Å². The van der Waals surface area contributed by atoms with Gasteiger partial charge in [0, 0.05) is 44.4 Å². The molecule has 0 spiro atoms. The second kappa shape index (κ2) is 8.21. The number of hydrogen-bond acceptors (Lipinski definition) is 8. The average Bonchev–Trinajstić information content (AvgIpc) is 3.30. The van der Waals surface area contributed by atoms with Crippen LogP contribution in [0.3, 0.4) is 0 Å². The maximum atomic E-state index is 12.9. The van der Waals surface area contributed by atoms with Crippen molar-refractivity contribution in [2.24, 2.45) is 0 Å². The van der Waals surface area contributed by atoms with Crippen molar-refractivity contribution in [2.45, 2.75) is 0 Å². The van der Waals surface area contributed by atoms with Crippen molar-refractivity contribution in [2.75, 3.05) is 46.3 Å². The van der Waals surface area contributed by atoms with E-state index in [9.17, 15) is 4.79 Å². The number of thiazole rings is 1. The lowest BCUT2D eigenvalue weighted by molar-refractivity contribution is 0.0627. The fourth-order valence-corrected chi connectivity index (χ4v) is 3.02. The second-order valence-electron chi connectivity index (χ2n) is 5.49. The van der Waals surface area contributed by atoms with Crippen LogP contribution in [0, 0.1) is 0 Å². The number of ether oxygens (including phenoxy) is 2. The number of methoxy groups -OCH3 is 2. The zero-order chi connectivity index (χ0) is 18.5. The van der Waals surface area contributed by atoms with Gasteiger partial charge in [-0.05, 0) is 12.1 Å². The van der Waals surface area contributed by atoms with E-state index in [4.69, 9.17) is 15.2 Å². The summed E-state index contributed by atoms with van der Waals surface area (Å²) >= 11 is 1.44. The fraction of sp³-hybridized carbons (Fsp3) is 0.375. The van der Waals surface area contributed by atoms with E-state index in [1.54, 1.807) is 37.4 Å². The number of hydrogen-bond donors (Lipinski definition) is 1. The summed E-state index contributed by atoms with van der Waals surface area (Å²) in [4.78, 5) is 23.2. The molecule has 9 nitrogen and oxygen atoms in total. The zero-order valence-corrected chi connectivity index (χ0v) is 15.4. The summed E-state index contributed by atoms with van der Waals surface area (Å²) in [6.07, 6.45) is 1.69. The Labute approximate surface area is 154 Å². The molecule has 3 aromatic rings. The van der Waals surface area contributed by atoms with Crippen LogP contribution < -0.4 is 5.73 Å². The largest absolute Gasteiger partial charge is 0.384 e. The van der Waals surface area contributed by atoms with Gasteiger partial charge < -0.3 is 20.1 Å². The Balaban J connectivity index is 1.92. The number of amides is 1. The van der Waals surface area contributed by atoms with Gasteiger partial charge >= 0.3 is 0 Å². The highest BCUT2D eigenvalue weighted by Crippen LogP contribution is 2.21. The molecule has 26 heavy (non-hydrogen) atoms. The highest BCUT2D eigenvalue weighted by molar-refractivity contribution is 7.13. The van der Waals surface area contributed by atoms with E-state index in [2.05, 4.69) is 15.1 Å². The molecular formula is C16H20N6O3S. The van der Waals surface area contributed by atoms with E-state index in [1.807, 2.05) is 5.38 Å². The number of carbonyl (C=O) groups is 1. The lowest BCUT2D eigenvalue weighted by Crippen LogP contribution is -2.36. The van der Waals surface area contributed by atoms with E-state index in [1.165, 1.54) is 15.9 Å². The molecule has 0 atom stereocenters. The molecule has 0 fully saturated rings. The molecule has 0 radical (unpaired) electrons. The van der Waals surface area contributed by atoms with Crippen molar-refractivity contribution < 1.29 is 14.3 Å². The minimum Gasteiger partial charge on any atom is -0.384 e. The molecule has 0 aromatic carbocycles. The molecular weight excluding hydrogens is 356 g/mol. The predicted molar refractivity (Wildman–Crippen MR) is 98.2 cm³/mol. The normalized spacial score (nSPS) is 11.2. The highest BCUT2D eigenvalue weighted by atomic mass is 32.1. The molecule has 0 saturated carbocycles. The van der Waals surface area contributed by atoms with Crippen LogP contribution in [0.1, 0.15) is 10.4 Å². The number of pyridine rings is 1. The Morgan fingerprint density at radius 3 is 2.62 bits per heavy atom. The zero-order valence-electron chi connectivity index (χ0n) is 14.6. The van der Waals surface area contributed by atoms with Crippen molar-refractivity contribution in [3.05, 3.63) is 29.3 Å². The second-order valence-corrected chi connectivity index (χ2v) is 6.38. The fourth-order valence-electron chi connectivity index (χ4n) is 2.46. The standard InChI is InChI=1S/C16H20N6O3S/c1-24-6-4-21(5-7-25-2)16(23)11-9-12(17)22-13(10-11)19-14(20-22)15-18-3-8-26-15/h3,8-10H,4-7,17H2,1-2H3. The molecule has 0 unspecified atom stereocenters. The van der Waals surface area contributed by atoms with Gasteiger partial charge in [-0.1, -0.05) is 0 Å². The van der Waals surface area contributed by atoms with Crippen LogP contribution in [-0.4, -0.2) is 70.9 Å². The lowest BCUT2D eigenvalue weighted by Gasteiger charge is -2.22. The Morgan fingerprint density at radius 1 is 1.27 bits per heavy atom. The van der Waals surface area contributed by atoms with Crippen molar-refractivity contribution in [1.29, 1.82) is 0 Å². The summed E-state index contributed by atoms with van der Waals surface area (Å²) in [7, 11) is 3.19. The van der Waals surface area contributed by atoms with Gasteiger partial charge in [0.05, 0.1) is 13.2 Å². The smallest absolute Gasteiger partial charge is 0.254 e. The predicted octanol–water partition coefficient (Wildman–Crippen LogP) is 1.17. The quantitative estimate of drug-likeness (QED) is 0.629. The van der Waals surface area contributed by atoms with E-state index in [0.29, 0.717) is 54.2 Å². The Bertz CT molecular complexity index is 872. The lowest BCUT2D eigenvalue weighted by atomic mass is 10.2. The molecule has 0 aliphatic heterocycles. The van der Waals surface area contributed by atoms with E-state index in [0.717, 1.165) is 0 Å². The number of nitrogens with zero attached hydrogens (tertiary/aromatic N) is 5. The summed E-state index contributed by atoms with van der Waals surface area (Å²) < 4.78 is 11.7. The maximum absolute atomic E-state index is 12.9. The number of nitrogens with two attached hydrogens (primary N) is 1. The average molecular weight is 376 g/mol. The van der Waals surface area contributed by atoms with Crippen LogP contribution >= 0.6 is 11.3 Å². The molecule has 138 valence electrons. The van der Waals surface area contributed by atoms with Gasteiger partial charge in [0.15, 0.2) is 10.7 Å². The third kappa shape index (κ3) is 3.82. The highest BCUT2D eigenvalue weighted by Gasteiger charge is 2.19. The van der Waals surface area contributed by atoms with Crippen LogP contribution in [0.5, 0.6) is 0 Å². The summed E-state index contributed by atoms with van der Waals surface area (Å²) in [5.41, 5.74) is 7.03. The van der Waals surface area contributed by atoms with Crippen LogP contribution in [0.15, 0.2) is 23.7 Å². The Morgan fingerprint density at radius 2 is 2.00 bits per heavy atom. The number of rotatable bonds is 8. The molecule has 2 N–H and O–H groups in total. The van der Waals surface area contributed by atoms with Gasteiger partial charge in [0.1, 0.15) is 5.82 Å². The number of aromatic nitrogens is 4. The summed E-state index contributed by atoms with van der Waals surface area (Å²) in [6, 6.07) is 3.28. The Hall–Kier alpha value is -2.56. The minimum atomic E-state index is -0.160. The Kier molecular flexibility index (Phi) is 5.76. The molecule has 3 aromatic heterocycles. The number of nitrogen functional groups attached to an aromatic ring is 1. The topological polar surface area (TPSA) is 108 Å². The number of carbonyl (C=O) groups excluding carboxylic acids is 1. The van der Waals surface area contributed by atoms with Crippen LogP contribution in [0.4, 0.5) is 5.82 Å².